The molecule has 1 aromatic carbocycles. The van der Waals surface area contributed by atoms with Crippen molar-refractivity contribution in [1.29, 1.82) is 0 Å². The fraction of sp³-hybridized carbons (Fsp3) is 0.500. The third-order valence-electron chi connectivity index (χ3n) is 2.76. The molecule has 0 aliphatic carbocycles. The minimum absolute atomic E-state index is 0.406. The van der Waals surface area contributed by atoms with Gasteiger partial charge >= 0.3 is 12.1 Å². The maximum absolute atomic E-state index is 13.2. The molecular formula is C16H22FNO4S. The summed E-state index contributed by atoms with van der Waals surface area (Å²) in [5.74, 6) is -0.587. The Morgan fingerprint density at radius 3 is 2.22 bits per heavy atom. The number of nitrogens with one attached hydrogen (secondary N) is 1. The number of halogens is 1. The van der Waals surface area contributed by atoms with Crippen molar-refractivity contribution in [3.8, 4) is 0 Å². The van der Waals surface area contributed by atoms with E-state index in [1.54, 1.807) is 20.8 Å². The Bertz CT molecular complexity index is 556. The molecule has 128 valence electrons. The van der Waals surface area contributed by atoms with E-state index < -0.39 is 28.4 Å². The van der Waals surface area contributed by atoms with Crippen molar-refractivity contribution in [3.05, 3.63) is 35.6 Å². The van der Waals surface area contributed by atoms with E-state index in [1.807, 2.05) is 6.92 Å². The summed E-state index contributed by atoms with van der Waals surface area (Å²) in [6.07, 6.45) is -0.756. The monoisotopic (exact) mass is 343 g/mol. The standard InChI is InChI=1S/C16H22FNO4S/c1-6-23-16(13(19)21-5,11-7-9-12(17)10-8-11)18-14(20)22-15(2,3)4/h7-10H,6H2,1-5H3,(H,18,20). The van der Waals surface area contributed by atoms with E-state index in [-0.39, 0.29) is 0 Å². The van der Waals surface area contributed by atoms with E-state index in [0.717, 1.165) is 11.8 Å². The summed E-state index contributed by atoms with van der Waals surface area (Å²) in [4.78, 5) is 23.1. The lowest BCUT2D eigenvalue weighted by Gasteiger charge is -2.32. The van der Waals surface area contributed by atoms with Gasteiger partial charge in [0.05, 0.1) is 7.11 Å². The number of ether oxygens (including phenoxy) is 2. The molecule has 1 aromatic rings. The molecule has 1 unspecified atom stereocenters. The molecule has 7 heteroatoms. The van der Waals surface area contributed by atoms with Crippen molar-refractivity contribution in [1.82, 2.24) is 5.32 Å². The van der Waals surface area contributed by atoms with Crippen LogP contribution in [0.3, 0.4) is 0 Å². The van der Waals surface area contributed by atoms with Crippen LogP contribution < -0.4 is 5.32 Å². The van der Waals surface area contributed by atoms with Crippen LogP contribution in [0.15, 0.2) is 24.3 Å². The second kappa shape index (κ2) is 7.68. The van der Waals surface area contributed by atoms with Crippen LogP contribution in [0.4, 0.5) is 9.18 Å². The molecule has 0 aromatic heterocycles. The molecule has 1 amide bonds. The van der Waals surface area contributed by atoms with Gasteiger partial charge in [0.15, 0.2) is 0 Å². The van der Waals surface area contributed by atoms with Gasteiger partial charge in [0.25, 0.3) is 0 Å². The van der Waals surface area contributed by atoms with Gasteiger partial charge in [-0.1, -0.05) is 19.1 Å². The molecule has 1 rings (SSSR count). The van der Waals surface area contributed by atoms with Crippen molar-refractivity contribution in [2.45, 2.75) is 38.2 Å². The van der Waals surface area contributed by atoms with Crippen LogP contribution in [0.1, 0.15) is 33.3 Å². The topological polar surface area (TPSA) is 64.6 Å². The van der Waals surface area contributed by atoms with Crippen LogP contribution in [0.25, 0.3) is 0 Å². The first-order valence-electron chi connectivity index (χ1n) is 7.14. The average Bonchev–Trinajstić information content (AvgIpc) is 2.44. The van der Waals surface area contributed by atoms with E-state index in [2.05, 4.69) is 5.32 Å². The predicted molar refractivity (Wildman–Crippen MR) is 87.6 cm³/mol. The number of rotatable bonds is 5. The Morgan fingerprint density at radius 2 is 1.78 bits per heavy atom. The summed E-state index contributed by atoms with van der Waals surface area (Å²) < 4.78 is 23.3. The maximum atomic E-state index is 13.2. The number of hydrogen-bond acceptors (Lipinski definition) is 5. The zero-order valence-corrected chi connectivity index (χ0v) is 14.8. The third-order valence-corrected chi connectivity index (χ3v) is 3.99. The fourth-order valence-corrected chi connectivity index (χ4v) is 3.00. The highest BCUT2D eigenvalue weighted by molar-refractivity contribution is 8.00. The maximum Gasteiger partial charge on any atom is 0.409 e. The van der Waals surface area contributed by atoms with E-state index in [4.69, 9.17) is 9.47 Å². The van der Waals surface area contributed by atoms with Crippen LogP contribution in [0.2, 0.25) is 0 Å². The van der Waals surface area contributed by atoms with Gasteiger partial charge in [-0.25, -0.2) is 14.0 Å². The molecule has 0 saturated carbocycles. The Hall–Kier alpha value is -1.76. The third kappa shape index (κ3) is 5.13. The normalized spacial score (nSPS) is 13.8. The molecule has 0 aliphatic heterocycles. The molecule has 0 saturated heterocycles. The van der Waals surface area contributed by atoms with Crippen molar-refractivity contribution < 1.29 is 23.5 Å². The second-order valence-electron chi connectivity index (χ2n) is 5.74. The Labute approximate surface area is 139 Å². The highest BCUT2D eigenvalue weighted by Gasteiger charge is 2.44. The van der Waals surface area contributed by atoms with Gasteiger partial charge in [-0.05, 0) is 44.2 Å². The summed E-state index contributed by atoms with van der Waals surface area (Å²) in [6.45, 7) is 6.99. The van der Waals surface area contributed by atoms with Crippen molar-refractivity contribution in [3.63, 3.8) is 0 Å². The molecular weight excluding hydrogens is 321 g/mol. The van der Waals surface area contributed by atoms with Crippen LogP contribution in [-0.4, -0.2) is 30.5 Å². The minimum Gasteiger partial charge on any atom is -0.466 e. The molecule has 0 fully saturated rings. The molecule has 23 heavy (non-hydrogen) atoms. The lowest BCUT2D eigenvalue weighted by Crippen LogP contribution is -2.51. The molecule has 0 heterocycles. The zero-order valence-electron chi connectivity index (χ0n) is 13.9. The fourth-order valence-electron chi connectivity index (χ4n) is 1.91. The zero-order chi connectivity index (χ0) is 17.7. The van der Waals surface area contributed by atoms with Crippen molar-refractivity contribution in [2.75, 3.05) is 12.9 Å². The van der Waals surface area contributed by atoms with E-state index in [0.29, 0.717) is 11.3 Å². The van der Waals surface area contributed by atoms with Crippen molar-refractivity contribution >= 4 is 23.8 Å². The van der Waals surface area contributed by atoms with E-state index in [1.165, 1.54) is 31.4 Å². The number of methoxy groups -OCH3 is 1. The van der Waals surface area contributed by atoms with Gasteiger partial charge < -0.3 is 9.47 Å². The number of benzene rings is 1. The number of hydrogen-bond donors (Lipinski definition) is 1. The highest BCUT2D eigenvalue weighted by Crippen LogP contribution is 2.35. The summed E-state index contributed by atoms with van der Waals surface area (Å²) >= 11 is 1.16. The minimum atomic E-state index is -1.50. The Morgan fingerprint density at radius 1 is 1.22 bits per heavy atom. The number of carbonyl (C=O) groups is 2. The van der Waals surface area contributed by atoms with Crippen LogP contribution in [0.5, 0.6) is 0 Å². The summed E-state index contributed by atoms with van der Waals surface area (Å²) in [7, 11) is 1.23. The lowest BCUT2D eigenvalue weighted by molar-refractivity contribution is -0.144. The molecule has 1 N–H and O–H groups in total. The van der Waals surface area contributed by atoms with Gasteiger partial charge in [-0.2, -0.15) is 0 Å². The number of esters is 1. The van der Waals surface area contributed by atoms with Gasteiger partial charge in [0.1, 0.15) is 11.4 Å². The molecule has 5 nitrogen and oxygen atoms in total. The number of thioether (sulfide) groups is 1. The molecule has 0 bridgehead atoms. The summed E-state index contributed by atoms with van der Waals surface area (Å²) in [5.41, 5.74) is -0.311. The highest BCUT2D eigenvalue weighted by atomic mass is 32.2. The van der Waals surface area contributed by atoms with Gasteiger partial charge in [-0.15, -0.1) is 11.8 Å². The first-order chi connectivity index (χ1) is 10.6. The smallest absolute Gasteiger partial charge is 0.409 e. The first kappa shape index (κ1) is 19.3. The summed E-state index contributed by atoms with van der Waals surface area (Å²) in [5, 5.41) is 2.58. The SMILES string of the molecule is CCSC(NC(=O)OC(C)(C)C)(C(=O)OC)c1ccc(F)cc1. The quantitative estimate of drug-likeness (QED) is 0.655. The lowest BCUT2D eigenvalue weighted by atomic mass is 10.1. The van der Waals surface area contributed by atoms with Crippen LogP contribution in [0, 0.1) is 5.82 Å². The van der Waals surface area contributed by atoms with Crippen molar-refractivity contribution in [2.24, 2.45) is 0 Å². The molecule has 0 aliphatic rings. The molecule has 0 radical (unpaired) electrons. The van der Waals surface area contributed by atoms with Crippen LogP contribution >= 0.6 is 11.8 Å². The Kier molecular flexibility index (Phi) is 6.44. The van der Waals surface area contributed by atoms with E-state index in [9.17, 15) is 14.0 Å². The number of amides is 1. The Balaban J connectivity index is 3.26. The first-order valence-corrected chi connectivity index (χ1v) is 8.12. The van der Waals surface area contributed by atoms with Gasteiger partial charge in [-0.3, -0.25) is 5.32 Å². The van der Waals surface area contributed by atoms with Crippen LogP contribution in [-0.2, 0) is 19.1 Å². The van der Waals surface area contributed by atoms with E-state index >= 15 is 0 Å². The predicted octanol–water partition coefficient (Wildman–Crippen LogP) is 3.43. The molecule has 0 spiro atoms. The number of carbonyl (C=O) groups excluding carboxylic acids is 2. The summed E-state index contributed by atoms with van der Waals surface area (Å²) in [6, 6.07) is 5.32. The average molecular weight is 343 g/mol. The van der Waals surface area contributed by atoms with Gasteiger partial charge in [0.2, 0.25) is 4.87 Å². The second-order valence-corrected chi connectivity index (χ2v) is 7.22. The number of alkyl carbamates (subject to hydrolysis) is 1. The van der Waals surface area contributed by atoms with Gasteiger partial charge in [0, 0.05) is 0 Å². The largest absolute Gasteiger partial charge is 0.466 e. The molecule has 1 atom stereocenters.